The van der Waals surface area contributed by atoms with Gasteiger partial charge in [-0.1, -0.05) is 30.3 Å². The van der Waals surface area contributed by atoms with Gasteiger partial charge < -0.3 is 15.1 Å². The van der Waals surface area contributed by atoms with Gasteiger partial charge in [-0.2, -0.15) is 0 Å². The number of nitrogens with one attached hydrogen (secondary N) is 1. The van der Waals surface area contributed by atoms with E-state index in [0.29, 0.717) is 24.5 Å². The normalized spacial score (nSPS) is 21.6. The monoisotopic (exact) mass is 392 g/mol. The molecule has 1 aromatic carbocycles. The van der Waals surface area contributed by atoms with Gasteiger partial charge in [0.1, 0.15) is 11.4 Å². The van der Waals surface area contributed by atoms with Crippen molar-refractivity contribution in [1.29, 1.82) is 0 Å². The van der Waals surface area contributed by atoms with Crippen molar-refractivity contribution in [2.24, 2.45) is 0 Å². The van der Waals surface area contributed by atoms with Gasteiger partial charge in [-0.3, -0.25) is 9.59 Å². The minimum absolute atomic E-state index is 0.0989. The predicted octanol–water partition coefficient (Wildman–Crippen LogP) is 2.96. The molecule has 3 heterocycles. The molecular formula is C23H28N4O2. The minimum atomic E-state index is -0.702. The van der Waals surface area contributed by atoms with Crippen LogP contribution in [0.4, 0.5) is 5.82 Å². The Balaban J connectivity index is 1.55. The highest BCUT2D eigenvalue weighted by Crippen LogP contribution is 2.39. The number of likely N-dealkylation sites (tertiary alicyclic amines) is 2. The Bertz CT molecular complexity index is 885. The van der Waals surface area contributed by atoms with E-state index < -0.39 is 5.54 Å². The Morgan fingerprint density at radius 2 is 1.86 bits per heavy atom. The molecule has 2 saturated heterocycles. The third-order valence-electron chi connectivity index (χ3n) is 6.23. The van der Waals surface area contributed by atoms with Gasteiger partial charge >= 0.3 is 0 Å². The number of piperidine rings is 1. The summed E-state index contributed by atoms with van der Waals surface area (Å²) >= 11 is 0. The lowest BCUT2D eigenvalue weighted by molar-refractivity contribution is -0.145. The average molecular weight is 393 g/mol. The largest absolute Gasteiger partial charge is 0.372 e. The molecule has 1 spiro atoms. The van der Waals surface area contributed by atoms with Crippen molar-refractivity contribution in [3.05, 3.63) is 59.8 Å². The van der Waals surface area contributed by atoms with Gasteiger partial charge in [0.25, 0.3) is 5.91 Å². The van der Waals surface area contributed by atoms with Gasteiger partial charge in [-0.05, 0) is 49.8 Å². The molecule has 6 heteroatoms. The van der Waals surface area contributed by atoms with Gasteiger partial charge in [0.05, 0.1) is 5.56 Å². The van der Waals surface area contributed by atoms with Gasteiger partial charge in [0.15, 0.2) is 0 Å². The van der Waals surface area contributed by atoms with E-state index in [4.69, 9.17) is 0 Å². The van der Waals surface area contributed by atoms with E-state index in [9.17, 15) is 9.59 Å². The summed E-state index contributed by atoms with van der Waals surface area (Å²) in [6, 6.07) is 13.8. The summed E-state index contributed by atoms with van der Waals surface area (Å²) in [7, 11) is 1.76. The quantitative estimate of drug-likeness (QED) is 0.850. The Hall–Kier alpha value is -2.89. The number of benzene rings is 1. The number of hydrogen-bond donors (Lipinski definition) is 1. The van der Waals surface area contributed by atoms with Gasteiger partial charge in [0.2, 0.25) is 5.91 Å². The maximum atomic E-state index is 13.6. The molecule has 2 amide bonds. The summed E-state index contributed by atoms with van der Waals surface area (Å²) in [5.74, 6) is 0.572. The summed E-state index contributed by atoms with van der Waals surface area (Å²) in [5, 5.41) is 3.00. The van der Waals surface area contributed by atoms with Crippen LogP contribution < -0.4 is 5.32 Å². The highest BCUT2D eigenvalue weighted by Gasteiger charge is 2.52. The Labute approximate surface area is 171 Å². The molecule has 29 heavy (non-hydrogen) atoms. The molecule has 4 rings (SSSR count). The van der Waals surface area contributed by atoms with E-state index in [1.165, 1.54) is 5.56 Å². The van der Waals surface area contributed by atoms with Crippen LogP contribution in [0.25, 0.3) is 0 Å². The fourth-order valence-corrected chi connectivity index (χ4v) is 4.77. The van der Waals surface area contributed by atoms with E-state index in [1.54, 1.807) is 25.4 Å². The Morgan fingerprint density at radius 3 is 2.62 bits per heavy atom. The lowest BCUT2D eigenvalue weighted by Crippen LogP contribution is -2.61. The molecule has 2 fully saturated rings. The van der Waals surface area contributed by atoms with Crippen molar-refractivity contribution in [3.8, 4) is 0 Å². The number of rotatable bonds is 5. The topological polar surface area (TPSA) is 65.5 Å². The number of carbonyl (C=O) groups excluding carboxylic acids is 2. The fourth-order valence-electron chi connectivity index (χ4n) is 4.77. The third kappa shape index (κ3) is 3.59. The molecule has 1 atom stereocenters. The third-order valence-corrected chi connectivity index (χ3v) is 6.23. The zero-order chi connectivity index (χ0) is 20.3. The van der Waals surface area contributed by atoms with Crippen LogP contribution in [0.5, 0.6) is 0 Å². The van der Waals surface area contributed by atoms with Gasteiger partial charge in [0, 0.05) is 32.9 Å². The van der Waals surface area contributed by atoms with E-state index in [-0.39, 0.29) is 11.8 Å². The lowest BCUT2D eigenvalue weighted by Gasteiger charge is -2.44. The van der Waals surface area contributed by atoms with Crippen molar-refractivity contribution < 1.29 is 9.59 Å². The second-order valence-electron chi connectivity index (χ2n) is 7.87. The van der Waals surface area contributed by atoms with Gasteiger partial charge in [-0.15, -0.1) is 0 Å². The molecule has 1 N–H and O–H groups in total. The number of nitrogens with zero attached hydrogens (tertiary/aromatic N) is 3. The van der Waals surface area contributed by atoms with Crippen LogP contribution in [0.15, 0.2) is 48.7 Å². The second kappa shape index (κ2) is 8.23. The molecule has 1 aromatic heterocycles. The molecule has 2 aromatic rings. The van der Waals surface area contributed by atoms with E-state index in [2.05, 4.69) is 22.4 Å². The first kappa shape index (κ1) is 19.4. The van der Waals surface area contributed by atoms with Crippen molar-refractivity contribution in [2.75, 3.05) is 32.0 Å². The average Bonchev–Trinajstić information content (AvgIpc) is 3.19. The summed E-state index contributed by atoms with van der Waals surface area (Å²) in [5.41, 5.74) is 1.06. The highest BCUT2D eigenvalue weighted by molar-refractivity contribution is 6.02. The maximum Gasteiger partial charge on any atom is 0.258 e. The van der Waals surface area contributed by atoms with Crippen molar-refractivity contribution in [1.82, 2.24) is 14.8 Å². The van der Waals surface area contributed by atoms with Crippen LogP contribution in [0.2, 0.25) is 0 Å². The van der Waals surface area contributed by atoms with Crippen molar-refractivity contribution in [2.45, 2.75) is 37.6 Å². The molecule has 152 valence electrons. The number of amides is 2. The van der Waals surface area contributed by atoms with E-state index >= 15 is 0 Å². The number of pyridine rings is 1. The molecule has 2 aliphatic rings. The van der Waals surface area contributed by atoms with Gasteiger partial charge in [-0.25, -0.2) is 4.98 Å². The van der Waals surface area contributed by atoms with Crippen molar-refractivity contribution >= 4 is 17.6 Å². The Morgan fingerprint density at radius 1 is 1.10 bits per heavy atom. The van der Waals surface area contributed by atoms with E-state index in [1.807, 2.05) is 28.0 Å². The second-order valence-corrected chi connectivity index (χ2v) is 7.87. The lowest BCUT2D eigenvalue weighted by atomic mass is 9.84. The SMILES string of the molecule is CNc1ncccc1C(=O)N1CCCC12CCCN(CCc1ccccc1)C2=O. The molecule has 6 nitrogen and oxygen atoms in total. The predicted molar refractivity (Wildman–Crippen MR) is 113 cm³/mol. The molecular weight excluding hydrogens is 364 g/mol. The van der Waals surface area contributed by atoms with E-state index in [0.717, 1.165) is 38.6 Å². The number of hydrogen-bond acceptors (Lipinski definition) is 4. The first-order valence-electron chi connectivity index (χ1n) is 10.4. The number of anilines is 1. The zero-order valence-corrected chi connectivity index (χ0v) is 16.9. The summed E-state index contributed by atoms with van der Waals surface area (Å²) in [6.45, 7) is 2.08. The maximum absolute atomic E-state index is 13.6. The molecule has 0 aliphatic carbocycles. The standard InChI is InChI=1S/C23H28N4O2/c1-24-20-19(10-5-14-25-20)21(28)27-16-7-13-23(27)12-6-15-26(22(23)29)17-11-18-8-3-2-4-9-18/h2-5,8-10,14H,6-7,11-13,15-17H2,1H3,(H,24,25). The first-order valence-corrected chi connectivity index (χ1v) is 10.4. The van der Waals surface area contributed by atoms with Crippen LogP contribution in [-0.2, 0) is 11.2 Å². The smallest absolute Gasteiger partial charge is 0.258 e. The fraction of sp³-hybridized carbons (Fsp3) is 0.435. The minimum Gasteiger partial charge on any atom is -0.372 e. The summed E-state index contributed by atoms with van der Waals surface area (Å²) in [4.78, 5) is 35.0. The molecule has 1 unspecified atom stereocenters. The van der Waals surface area contributed by atoms with Crippen LogP contribution >= 0.6 is 0 Å². The first-order chi connectivity index (χ1) is 14.2. The summed E-state index contributed by atoms with van der Waals surface area (Å²) in [6.07, 6.45) is 5.78. The number of carbonyl (C=O) groups is 2. The van der Waals surface area contributed by atoms with Crippen LogP contribution in [-0.4, -0.2) is 58.8 Å². The summed E-state index contributed by atoms with van der Waals surface area (Å²) < 4.78 is 0. The highest BCUT2D eigenvalue weighted by atomic mass is 16.2. The molecule has 2 aliphatic heterocycles. The van der Waals surface area contributed by atoms with Crippen LogP contribution in [0.1, 0.15) is 41.6 Å². The van der Waals surface area contributed by atoms with Crippen LogP contribution in [0, 0.1) is 0 Å². The Kier molecular flexibility index (Phi) is 5.51. The molecule has 0 saturated carbocycles. The molecule has 0 radical (unpaired) electrons. The zero-order valence-electron chi connectivity index (χ0n) is 16.9. The van der Waals surface area contributed by atoms with Crippen molar-refractivity contribution in [3.63, 3.8) is 0 Å². The molecule has 0 bridgehead atoms. The van der Waals surface area contributed by atoms with Crippen LogP contribution in [0.3, 0.4) is 0 Å². The number of aromatic nitrogens is 1.